The molecular weight excluding hydrogens is 186 g/mol. The molecule has 80 valence electrons. The van der Waals surface area contributed by atoms with Crippen LogP contribution in [0.1, 0.15) is 12.8 Å². The van der Waals surface area contributed by atoms with E-state index in [1.54, 1.807) is 0 Å². The SMILES string of the molecule is CN(C)CCC/C(=C/C(=O)O)C(=O)O. The van der Waals surface area contributed by atoms with Crippen molar-refractivity contribution in [1.82, 2.24) is 4.90 Å². The molecule has 0 aliphatic rings. The standard InChI is InChI=1S/C9H15NO4/c1-10(2)5-3-4-7(9(13)14)6-8(11)12/h6H,3-5H2,1-2H3,(H,11,12)(H,13,14)/b7-6-. The molecule has 0 aliphatic carbocycles. The molecule has 0 rings (SSSR count). The molecule has 0 heterocycles. The van der Waals surface area contributed by atoms with E-state index in [0.717, 1.165) is 12.6 Å². The van der Waals surface area contributed by atoms with Crippen LogP contribution in [0.4, 0.5) is 0 Å². The number of rotatable bonds is 6. The quantitative estimate of drug-likeness (QED) is 0.609. The van der Waals surface area contributed by atoms with Crippen LogP contribution in [0, 0.1) is 0 Å². The minimum absolute atomic E-state index is 0.0562. The van der Waals surface area contributed by atoms with Gasteiger partial charge in [0, 0.05) is 11.6 Å². The summed E-state index contributed by atoms with van der Waals surface area (Å²) >= 11 is 0. The lowest BCUT2D eigenvalue weighted by atomic mass is 10.1. The van der Waals surface area contributed by atoms with Crippen molar-refractivity contribution < 1.29 is 19.8 Å². The van der Waals surface area contributed by atoms with Crippen LogP contribution >= 0.6 is 0 Å². The molecular formula is C9H15NO4. The predicted octanol–water partition coefficient (Wildman–Crippen LogP) is 0.424. The summed E-state index contributed by atoms with van der Waals surface area (Å²) in [5.74, 6) is -2.38. The van der Waals surface area contributed by atoms with Crippen LogP contribution in [-0.2, 0) is 9.59 Å². The lowest BCUT2D eigenvalue weighted by Crippen LogP contribution is -2.14. The van der Waals surface area contributed by atoms with Gasteiger partial charge in [-0.2, -0.15) is 0 Å². The molecule has 2 N–H and O–H groups in total. The highest BCUT2D eigenvalue weighted by atomic mass is 16.4. The summed E-state index contributed by atoms with van der Waals surface area (Å²) in [6.45, 7) is 0.740. The molecule has 5 heteroatoms. The van der Waals surface area contributed by atoms with Crippen molar-refractivity contribution >= 4 is 11.9 Å². The Balaban J connectivity index is 4.12. The molecule has 0 fully saturated rings. The van der Waals surface area contributed by atoms with Gasteiger partial charge < -0.3 is 15.1 Å². The Kier molecular flexibility index (Phi) is 5.55. The number of aliphatic carboxylic acids is 2. The van der Waals surface area contributed by atoms with E-state index in [4.69, 9.17) is 10.2 Å². The van der Waals surface area contributed by atoms with Crippen molar-refractivity contribution in [2.24, 2.45) is 0 Å². The van der Waals surface area contributed by atoms with Gasteiger partial charge in [-0.1, -0.05) is 0 Å². The third-order valence-corrected chi connectivity index (χ3v) is 1.62. The van der Waals surface area contributed by atoms with Gasteiger partial charge >= 0.3 is 11.9 Å². The average Bonchev–Trinajstić information content (AvgIpc) is 2.00. The molecule has 0 spiro atoms. The fourth-order valence-electron chi connectivity index (χ4n) is 0.976. The minimum Gasteiger partial charge on any atom is -0.478 e. The zero-order valence-electron chi connectivity index (χ0n) is 8.36. The van der Waals surface area contributed by atoms with Gasteiger partial charge in [0.15, 0.2) is 0 Å². The Bertz CT molecular complexity index is 245. The highest BCUT2D eigenvalue weighted by Crippen LogP contribution is 2.05. The molecule has 0 bridgehead atoms. The van der Waals surface area contributed by atoms with Crippen molar-refractivity contribution in [3.8, 4) is 0 Å². The van der Waals surface area contributed by atoms with E-state index >= 15 is 0 Å². The summed E-state index contributed by atoms with van der Waals surface area (Å²) in [5.41, 5.74) is -0.0562. The van der Waals surface area contributed by atoms with Gasteiger partial charge in [-0.25, -0.2) is 9.59 Å². The Morgan fingerprint density at radius 3 is 2.21 bits per heavy atom. The summed E-state index contributed by atoms with van der Waals surface area (Å²) in [4.78, 5) is 22.7. The van der Waals surface area contributed by atoms with Gasteiger partial charge in [-0.3, -0.25) is 0 Å². The first-order valence-electron chi connectivity index (χ1n) is 4.25. The molecule has 5 nitrogen and oxygen atoms in total. The number of nitrogens with zero attached hydrogens (tertiary/aromatic N) is 1. The Hall–Kier alpha value is -1.36. The zero-order valence-corrected chi connectivity index (χ0v) is 8.36. The van der Waals surface area contributed by atoms with Crippen LogP contribution in [0.15, 0.2) is 11.6 Å². The van der Waals surface area contributed by atoms with Crippen molar-refractivity contribution in [3.63, 3.8) is 0 Å². The Labute approximate surface area is 82.6 Å². The molecule has 0 aromatic heterocycles. The first kappa shape index (κ1) is 12.6. The molecule has 0 saturated carbocycles. The maximum absolute atomic E-state index is 10.6. The van der Waals surface area contributed by atoms with Crippen molar-refractivity contribution in [2.75, 3.05) is 20.6 Å². The van der Waals surface area contributed by atoms with Crippen LogP contribution < -0.4 is 0 Å². The van der Waals surface area contributed by atoms with Gasteiger partial charge in [0.1, 0.15) is 0 Å². The number of carboxylic acid groups (broad SMARTS) is 2. The molecule has 0 saturated heterocycles. The number of hydrogen-bond acceptors (Lipinski definition) is 3. The smallest absolute Gasteiger partial charge is 0.331 e. The number of hydrogen-bond donors (Lipinski definition) is 2. The molecule has 14 heavy (non-hydrogen) atoms. The molecule has 0 aromatic rings. The maximum atomic E-state index is 10.6. The van der Waals surface area contributed by atoms with Gasteiger partial charge in [0.25, 0.3) is 0 Å². The van der Waals surface area contributed by atoms with E-state index < -0.39 is 11.9 Å². The lowest BCUT2D eigenvalue weighted by molar-refractivity contribution is -0.135. The molecule has 0 unspecified atom stereocenters. The molecule has 0 amide bonds. The highest BCUT2D eigenvalue weighted by Gasteiger charge is 2.08. The first-order valence-corrected chi connectivity index (χ1v) is 4.25. The van der Waals surface area contributed by atoms with E-state index in [1.807, 2.05) is 19.0 Å². The summed E-state index contributed by atoms with van der Waals surface area (Å²) in [6, 6.07) is 0. The zero-order chi connectivity index (χ0) is 11.1. The number of carboxylic acids is 2. The number of carbonyl (C=O) groups is 2. The van der Waals surface area contributed by atoms with Crippen LogP contribution in [-0.4, -0.2) is 47.7 Å². The highest BCUT2D eigenvalue weighted by molar-refractivity contribution is 5.94. The van der Waals surface area contributed by atoms with Crippen LogP contribution in [0.25, 0.3) is 0 Å². The van der Waals surface area contributed by atoms with Crippen LogP contribution in [0.2, 0.25) is 0 Å². The van der Waals surface area contributed by atoms with E-state index in [1.165, 1.54) is 0 Å². The van der Waals surface area contributed by atoms with Gasteiger partial charge in [-0.05, 0) is 33.5 Å². The summed E-state index contributed by atoms with van der Waals surface area (Å²) in [7, 11) is 3.75. The molecule has 0 aromatic carbocycles. The van der Waals surface area contributed by atoms with Crippen molar-refractivity contribution in [2.45, 2.75) is 12.8 Å². The van der Waals surface area contributed by atoms with Gasteiger partial charge in [0.2, 0.25) is 0 Å². The van der Waals surface area contributed by atoms with E-state index in [2.05, 4.69) is 0 Å². The first-order chi connectivity index (χ1) is 6.43. The van der Waals surface area contributed by atoms with Crippen LogP contribution in [0.3, 0.4) is 0 Å². The summed E-state index contributed by atoms with van der Waals surface area (Å²) in [5, 5.41) is 17.0. The topological polar surface area (TPSA) is 77.8 Å². The fourth-order valence-corrected chi connectivity index (χ4v) is 0.976. The summed E-state index contributed by atoms with van der Waals surface area (Å²) in [6.07, 6.45) is 1.66. The molecule has 0 atom stereocenters. The second kappa shape index (κ2) is 6.15. The molecule has 0 radical (unpaired) electrons. The normalized spacial score (nSPS) is 11.8. The van der Waals surface area contributed by atoms with Crippen molar-refractivity contribution in [3.05, 3.63) is 11.6 Å². The Morgan fingerprint density at radius 2 is 1.86 bits per heavy atom. The largest absolute Gasteiger partial charge is 0.478 e. The lowest BCUT2D eigenvalue weighted by Gasteiger charge is -2.08. The maximum Gasteiger partial charge on any atom is 0.331 e. The second-order valence-corrected chi connectivity index (χ2v) is 3.22. The van der Waals surface area contributed by atoms with Crippen LogP contribution in [0.5, 0.6) is 0 Å². The monoisotopic (exact) mass is 201 g/mol. The predicted molar refractivity (Wildman–Crippen MR) is 51.1 cm³/mol. The average molecular weight is 201 g/mol. The van der Waals surface area contributed by atoms with Crippen molar-refractivity contribution in [1.29, 1.82) is 0 Å². The van der Waals surface area contributed by atoms with E-state index in [9.17, 15) is 9.59 Å². The third-order valence-electron chi connectivity index (χ3n) is 1.62. The van der Waals surface area contributed by atoms with Gasteiger partial charge in [0.05, 0.1) is 0 Å². The summed E-state index contributed by atoms with van der Waals surface area (Å²) < 4.78 is 0. The van der Waals surface area contributed by atoms with Gasteiger partial charge in [-0.15, -0.1) is 0 Å². The molecule has 0 aliphatic heterocycles. The third kappa shape index (κ3) is 6.19. The van der Waals surface area contributed by atoms with E-state index in [0.29, 0.717) is 6.42 Å². The second-order valence-electron chi connectivity index (χ2n) is 3.22. The fraction of sp³-hybridized carbons (Fsp3) is 0.556. The minimum atomic E-state index is -1.22. The van der Waals surface area contributed by atoms with E-state index in [-0.39, 0.29) is 12.0 Å². The Morgan fingerprint density at radius 1 is 1.29 bits per heavy atom.